The normalized spacial score (nSPS) is 20.1. The number of nitrogens with one attached hydrogen (secondary N) is 1. The predicted octanol–water partition coefficient (Wildman–Crippen LogP) is 3.33. The summed E-state index contributed by atoms with van der Waals surface area (Å²) >= 11 is 0. The summed E-state index contributed by atoms with van der Waals surface area (Å²) < 4.78 is 6.10. The van der Waals surface area contributed by atoms with Gasteiger partial charge in [0.15, 0.2) is 0 Å². The predicted molar refractivity (Wildman–Crippen MR) is 78.0 cm³/mol. The standard InChI is InChI=1S/C16H26N2O/c1-3-19-16(13-8-5-4-6-9-13)15(17-2)14-10-7-11-18-12-14/h7,10-13,15-17H,3-6,8-9H2,1-2H3. The first-order valence-electron chi connectivity index (χ1n) is 7.55. The number of rotatable bonds is 6. The van der Waals surface area contributed by atoms with Gasteiger partial charge in [0.05, 0.1) is 12.1 Å². The molecule has 1 heterocycles. The highest BCUT2D eigenvalue weighted by Gasteiger charge is 2.31. The molecule has 2 unspecified atom stereocenters. The van der Waals surface area contributed by atoms with E-state index in [4.69, 9.17) is 4.74 Å². The lowest BCUT2D eigenvalue weighted by atomic mass is 9.81. The number of pyridine rings is 1. The zero-order valence-electron chi connectivity index (χ0n) is 12.1. The molecule has 0 aromatic carbocycles. The van der Waals surface area contributed by atoms with Gasteiger partial charge in [0.1, 0.15) is 0 Å². The minimum atomic E-state index is 0.247. The summed E-state index contributed by atoms with van der Waals surface area (Å²) in [4.78, 5) is 4.25. The molecule has 1 aromatic heterocycles. The third-order valence-electron chi connectivity index (χ3n) is 4.16. The Morgan fingerprint density at radius 2 is 2.16 bits per heavy atom. The second-order valence-electron chi connectivity index (χ2n) is 5.37. The van der Waals surface area contributed by atoms with E-state index >= 15 is 0 Å². The van der Waals surface area contributed by atoms with Crippen molar-refractivity contribution in [3.8, 4) is 0 Å². The molecule has 0 radical (unpaired) electrons. The number of ether oxygens (including phenoxy) is 1. The highest BCUT2D eigenvalue weighted by atomic mass is 16.5. The smallest absolute Gasteiger partial charge is 0.0798 e. The Morgan fingerprint density at radius 1 is 1.37 bits per heavy atom. The second-order valence-corrected chi connectivity index (χ2v) is 5.37. The summed E-state index contributed by atoms with van der Waals surface area (Å²) in [5.74, 6) is 0.673. The maximum absolute atomic E-state index is 6.10. The molecular formula is C16H26N2O. The van der Waals surface area contributed by atoms with E-state index in [1.54, 1.807) is 0 Å². The van der Waals surface area contributed by atoms with E-state index in [1.807, 2.05) is 25.5 Å². The first-order valence-corrected chi connectivity index (χ1v) is 7.55. The molecule has 2 atom stereocenters. The van der Waals surface area contributed by atoms with Gasteiger partial charge >= 0.3 is 0 Å². The molecule has 0 amide bonds. The van der Waals surface area contributed by atoms with Crippen LogP contribution in [-0.2, 0) is 4.74 Å². The molecule has 3 heteroatoms. The Kier molecular flexibility index (Phi) is 5.80. The van der Waals surface area contributed by atoms with Crippen molar-refractivity contribution in [1.29, 1.82) is 0 Å². The molecule has 2 rings (SSSR count). The van der Waals surface area contributed by atoms with Crippen LogP contribution >= 0.6 is 0 Å². The van der Waals surface area contributed by atoms with E-state index in [9.17, 15) is 0 Å². The number of aromatic nitrogens is 1. The minimum Gasteiger partial charge on any atom is -0.376 e. The first kappa shape index (κ1) is 14.5. The molecule has 1 aromatic rings. The molecule has 19 heavy (non-hydrogen) atoms. The van der Waals surface area contributed by atoms with Crippen LogP contribution in [0, 0.1) is 5.92 Å². The van der Waals surface area contributed by atoms with Gasteiger partial charge in [-0.05, 0) is 44.4 Å². The first-order chi connectivity index (χ1) is 9.36. The molecular weight excluding hydrogens is 236 g/mol. The largest absolute Gasteiger partial charge is 0.376 e. The van der Waals surface area contributed by atoms with E-state index in [0.717, 1.165) is 6.61 Å². The fourth-order valence-corrected chi connectivity index (χ4v) is 3.24. The quantitative estimate of drug-likeness (QED) is 0.854. The van der Waals surface area contributed by atoms with Crippen LogP contribution in [0.2, 0.25) is 0 Å². The average molecular weight is 262 g/mol. The van der Waals surface area contributed by atoms with Crippen LogP contribution in [0.4, 0.5) is 0 Å². The van der Waals surface area contributed by atoms with Crippen molar-refractivity contribution in [2.24, 2.45) is 5.92 Å². The molecule has 106 valence electrons. The van der Waals surface area contributed by atoms with Gasteiger partial charge in [-0.25, -0.2) is 0 Å². The van der Waals surface area contributed by atoms with Crippen molar-refractivity contribution in [3.05, 3.63) is 30.1 Å². The zero-order valence-corrected chi connectivity index (χ0v) is 12.1. The van der Waals surface area contributed by atoms with E-state index in [0.29, 0.717) is 5.92 Å². The fraction of sp³-hybridized carbons (Fsp3) is 0.688. The van der Waals surface area contributed by atoms with Crippen molar-refractivity contribution >= 4 is 0 Å². The Balaban J connectivity index is 2.15. The summed E-state index contributed by atoms with van der Waals surface area (Å²) in [6, 6.07) is 4.39. The van der Waals surface area contributed by atoms with Gasteiger partial charge in [-0.15, -0.1) is 0 Å². The molecule has 0 bridgehead atoms. The van der Waals surface area contributed by atoms with Gasteiger partial charge in [-0.2, -0.15) is 0 Å². The van der Waals surface area contributed by atoms with Gasteiger partial charge in [0, 0.05) is 19.0 Å². The van der Waals surface area contributed by atoms with Gasteiger partial charge in [-0.3, -0.25) is 4.98 Å². The Bertz CT molecular complexity index is 349. The van der Waals surface area contributed by atoms with Crippen LogP contribution < -0.4 is 5.32 Å². The monoisotopic (exact) mass is 262 g/mol. The van der Waals surface area contributed by atoms with Crippen molar-refractivity contribution in [1.82, 2.24) is 10.3 Å². The Hall–Kier alpha value is -0.930. The SMILES string of the molecule is CCOC(C1CCCCC1)C(NC)c1cccnc1. The van der Waals surface area contributed by atoms with E-state index < -0.39 is 0 Å². The molecule has 1 N–H and O–H groups in total. The number of hydrogen-bond donors (Lipinski definition) is 1. The molecule has 0 aliphatic heterocycles. The second kappa shape index (κ2) is 7.61. The summed E-state index contributed by atoms with van der Waals surface area (Å²) in [6.45, 7) is 2.87. The number of likely N-dealkylation sites (N-methyl/N-ethyl adjacent to an activating group) is 1. The molecule has 1 saturated carbocycles. The summed E-state index contributed by atoms with van der Waals surface area (Å²) in [6.07, 6.45) is 10.7. The Morgan fingerprint density at radius 3 is 2.74 bits per heavy atom. The third kappa shape index (κ3) is 3.77. The Labute approximate surface area is 116 Å². The van der Waals surface area contributed by atoms with E-state index in [1.165, 1.54) is 37.7 Å². The maximum Gasteiger partial charge on any atom is 0.0798 e. The highest BCUT2D eigenvalue weighted by Crippen LogP contribution is 2.34. The fourth-order valence-electron chi connectivity index (χ4n) is 3.24. The van der Waals surface area contributed by atoms with Crippen LogP contribution in [-0.4, -0.2) is 24.7 Å². The van der Waals surface area contributed by atoms with Crippen molar-refractivity contribution < 1.29 is 4.74 Å². The van der Waals surface area contributed by atoms with E-state index in [2.05, 4.69) is 23.3 Å². The van der Waals surface area contributed by atoms with Crippen molar-refractivity contribution in [2.45, 2.75) is 51.2 Å². The highest BCUT2D eigenvalue weighted by molar-refractivity contribution is 5.16. The van der Waals surface area contributed by atoms with Crippen LogP contribution in [0.5, 0.6) is 0 Å². The number of hydrogen-bond acceptors (Lipinski definition) is 3. The van der Waals surface area contributed by atoms with Gasteiger partial charge in [0.25, 0.3) is 0 Å². The zero-order chi connectivity index (χ0) is 13.5. The maximum atomic E-state index is 6.10. The topological polar surface area (TPSA) is 34.1 Å². The lowest BCUT2D eigenvalue weighted by Crippen LogP contribution is -2.38. The van der Waals surface area contributed by atoms with E-state index in [-0.39, 0.29) is 12.1 Å². The minimum absolute atomic E-state index is 0.247. The molecule has 0 saturated heterocycles. The number of nitrogens with zero attached hydrogens (tertiary/aromatic N) is 1. The van der Waals surface area contributed by atoms with Gasteiger partial charge < -0.3 is 10.1 Å². The van der Waals surface area contributed by atoms with Crippen LogP contribution in [0.3, 0.4) is 0 Å². The lowest BCUT2D eigenvalue weighted by molar-refractivity contribution is -0.0168. The summed E-state index contributed by atoms with van der Waals surface area (Å²) in [7, 11) is 2.02. The molecule has 1 aliphatic rings. The molecule has 1 aliphatic carbocycles. The molecule has 0 spiro atoms. The molecule has 3 nitrogen and oxygen atoms in total. The summed E-state index contributed by atoms with van der Waals surface area (Å²) in [5.41, 5.74) is 1.23. The summed E-state index contributed by atoms with van der Waals surface area (Å²) in [5, 5.41) is 3.44. The average Bonchev–Trinajstić information content (AvgIpc) is 2.49. The van der Waals surface area contributed by atoms with Crippen molar-refractivity contribution in [3.63, 3.8) is 0 Å². The van der Waals surface area contributed by atoms with Crippen molar-refractivity contribution in [2.75, 3.05) is 13.7 Å². The van der Waals surface area contributed by atoms with Crippen LogP contribution in [0.25, 0.3) is 0 Å². The van der Waals surface area contributed by atoms with Gasteiger partial charge in [-0.1, -0.05) is 25.3 Å². The van der Waals surface area contributed by atoms with Gasteiger partial charge in [0.2, 0.25) is 0 Å². The third-order valence-corrected chi connectivity index (χ3v) is 4.16. The lowest BCUT2D eigenvalue weighted by Gasteiger charge is -2.35. The van der Waals surface area contributed by atoms with Crippen LogP contribution in [0.1, 0.15) is 50.6 Å². The van der Waals surface area contributed by atoms with Crippen LogP contribution in [0.15, 0.2) is 24.5 Å². The molecule has 1 fully saturated rings.